The standard InChI is InChI=1S/C15H22N4/c1-3-12(2)18-10-7-13(8-11-18)15-17-16-14-6-4-5-9-19(14)15/h4-6,9,12-13H,3,7-8,10-11H2,1-2H3/t12-/m0/s1. The van der Waals surface area contributed by atoms with E-state index < -0.39 is 0 Å². The molecule has 19 heavy (non-hydrogen) atoms. The second-order valence-corrected chi connectivity index (χ2v) is 5.55. The van der Waals surface area contributed by atoms with Crippen LogP contribution in [0.3, 0.4) is 0 Å². The van der Waals surface area contributed by atoms with Gasteiger partial charge in [0.15, 0.2) is 5.65 Å². The minimum Gasteiger partial charge on any atom is -0.301 e. The zero-order valence-electron chi connectivity index (χ0n) is 11.8. The van der Waals surface area contributed by atoms with Crippen molar-refractivity contribution in [2.75, 3.05) is 13.1 Å². The van der Waals surface area contributed by atoms with Gasteiger partial charge in [-0.2, -0.15) is 0 Å². The highest BCUT2D eigenvalue weighted by Gasteiger charge is 2.25. The van der Waals surface area contributed by atoms with E-state index in [0.717, 1.165) is 11.5 Å². The van der Waals surface area contributed by atoms with Crippen molar-refractivity contribution in [3.63, 3.8) is 0 Å². The van der Waals surface area contributed by atoms with Gasteiger partial charge in [0.05, 0.1) is 0 Å². The van der Waals surface area contributed by atoms with Gasteiger partial charge >= 0.3 is 0 Å². The van der Waals surface area contributed by atoms with Crippen LogP contribution in [0.4, 0.5) is 0 Å². The number of hydrogen-bond acceptors (Lipinski definition) is 3. The van der Waals surface area contributed by atoms with E-state index in [2.05, 4.69) is 39.5 Å². The highest BCUT2D eigenvalue weighted by atomic mass is 15.3. The predicted molar refractivity (Wildman–Crippen MR) is 76.3 cm³/mol. The van der Waals surface area contributed by atoms with E-state index in [1.807, 2.05) is 18.2 Å². The molecule has 4 nitrogen and oxygen atoms in total. The Hall–Kier alpha value is -1.42. The summed E-state index contributed by atoms with van der Waals surface area (Å²) in [7, 11) is 0. The maximum atomic E-state index is 4.40. The van der Waals surface area contributed by atoms with Crippen LogP contribution in [0.2, 0.25) is 0 Å². The summed E-state index contributed by atoms with van der Waals surface area (Å²) in [6.07, 6.45) is 5.70. The normalized spacial score (nSPS) is 19.9. The van der Waals surface area contributed by atoms with Crippen molar-refractivity contribution in [2.24, 2.45) is 0 Å². The molecule has 0 saturated carbocycles. The van der Waals surface area contributed by atoms with Crippen LogP contribution < -0.4 is 0 Å². The second kappa shape index (κ2) is 5.29. The first kappa shape index (κ1) is 12.6. The van der Waals surface area contributed by atoms with Crippen molar-refractivity contribution < 1.29 is 0 Å². The Morgan fingerprint density at radius 2 is 2.05 bits per heavy atom. The molecule has 3 rings (SSSR count). The van der Waals surface area contributed by atoms with Gasteiger partial charge in [-0.15, -0.1) is 10.2 Å². The molecule has 1 saturated heterocycles. The number of likely N-dealkylation sites (tertiary alicyclic amines) is 1. The first-order valence-electron chi connectivity index (χ1n) is 7.33. The lowest BCUT2D eigenvalue weighted by atomic mass is 9.95. The topological polar surface area (TPSA) is 33.4 Å². The van der Waals surface area contributed by atoms with Crippen LogP contribution in [0, 0.1) is 0 Å². The zero-order chi connectivity index (χ0) is 13.2. The zero-order valence-corrected chi connectivity index (χ0v) is 11.8. The van der Waals surface area contributed by atoms with E-state index in [1.165, 1.54) is 32.4 Å². The number of hydrogen-bond donors (Lipinski definition) is 0. The van der Waals surface area contributed by atoms with Gasteiger partial charge in [0.1, 0.15) is 5.82 Å². The van der Waals surface area contributed by atoms with Gasteiger partial charge in [-0.3, -0.25) is 4.40 Å². The summed E-state index contributed by atoms with van der Waals surface area (Å²) in [6.45, 7) is 6.96. The molecule has 2 aromatic heterocycles. The molecule has 0 aliphatic carbocycles. The van der Waals surface area contributed by atoms with Gasteiger partial charge in [-0.05, 0) is 51.4 Å². The Bertz CT molecular complexity index is 540. The molecule has 0 amide bonds. The molecule has 1 fully saturated rings. The number of fused-ring (bicyclic) bond motifs is 1. The molecule has 1 aliphatic rings. The SMILES string of the molecule is CC[C@H](C)N1CCC(c2nnc3ccccn23)CC1. The van der Waals surface area contributed by atoms with Crippen molar-refractivity contribution in [3.8, 4) is 0 Å². The van der Waals surface area contributed by atoms with Crippen LogP contribution in [0.25, 0.3) is 5.65 Å². The Balaban J connectivity index is 1.75. The van der Waals surface area contributed by atoms with Crippen molar-refractivity contribution in [3.05, 3.63) is 30.2 Å². The molecule has 0 N–H and O–H groups in total. The molecule has 0 radical (unpaired) electrons. The summed E-state index contributed by atoms with van der Waals surface area (Å²) in [5.74, 6) is 1.69. The molecular weight excluding hydrogens is 236 g/mol. The van der Waals surface area contributed by atoms with Crippen molar-refractivity contribution in [1.29, 1.82) is 0 Å². The minimum absolute atomic E-state index is 0.553. The number of pyridine rings is 1. The van der Waals surface area contributed by atoms with Crippen LogP contribution in [-0.2, 0) is 0 Å². The average Bonchev–Trinajstić information content (AvgIpc) is 2.90. The van der Waals surface area contributed by atoms with Gasteiger partial charge in [-0.25, -0.2) is 0 Å². The maximum Gasteiger partial charge on any atom is 0.160 e. The minimum atomic E-state index is 0.553. The van der Waals surface area contributed by atoms with Crippen LogP contribution in [-0.4, -0.2) is 38.6 Å². The smallest absolute Gasteiger partial charge is 0.160 e. The van der Waals surface area contributed by atoms with E-state index in [1.54, 1.807) is 0 Å². The highest BCUT2D eigenvalue weighted by Crippen LogP contribution is 2.28. The summed E-state index contributed by atoms with van der Waals surface area (Å²) < 4.78 is 2.14. The third-order valence-electron chi connectivity index (χ3n) is 4.45. The van der Waals surface area contributed by atoms with E-state index in [4.69, 9.17) is 0 Å². The molecule has 0 aromatic carbocycles. The molecule has 3 heterocycles. The van der Waals surface area contributed by atoms with Crippen LogP contribution in [0.1, 0.15) is 44.9 Å². The monoisotopic (exact) mass is 258 g/mol. The van der Waals surface area contributed by atoms with Crippen LogP contribution in [0.15, 0.2) is 24.4 Å². The molecule has 102 valence electrons. The molecular formula is C15H22N4. The summed E-state index contributed by atoms with van der Waals surface area (Å²) in [4.78, 5) is 2.60. The summed E-state index contributed by atoms with van der Waals surface area (Å²) in [5, 5.41) is 8.67. The van der Waals surface area contributed by atoms with Gasteiger partial charge in [0, 0.05) is 18.2 Å². The third kappa shape index (κ3) is 2.37. The van der Waals surface area contributed by atoms with Gasteiger partial charge in [0.25, 0.3) is 0 Å². The van der Waals surface area contributed by atoms with E-state index in [9.17, 15) is 0 Å². The third-order valence-corrected chi connectivity index (χ3v) is 4.45. The molecule has 0 unspecified atom stereocenters. The Morgan fingerprint density at radius 1 is 1.26 bits per heavy atom. The summed E-state index contributed by atoms with van der Waals surface area (Å²) in [5.41, 5.74) is 0.960. The lowest BCUT2D eigenvalue weighted by Gasteiger charge is -2.35. The Labute approximate surface area is 114 Å². The predicted octanol–water partition coefficient (Wildman–Crippen LogP) is 2.71. The number of aromatic nitrogens is 3. The van der Waals surface area contributed by atoms with E-state index in [0.29, 0.717) is 12.0 Å². The quantitative estimate of drug-likeness (QED) is 0.848. The van der Waals surface area contributed by atoms with Crippen molar-refractivity contribution in [2.45, 2.75) is 45.1 Å². The van der Waals surface area contributed by atoms with Crippen molar-refractivity contribution in [1.82, 2.24) is 19.5 Å². The fourth-order valence-corrected chi connectivity index (χ4v) is 2.99. The van der Waals surface area contributed by atoms with Gasteiger partial charge in [0.2, 0.25) is 0 Å². The summed E-state index contributed by atoms with van der Waals surface area (Å²) in [6, 6.07) is 6.79. The molecule has 1 aliphatic heterocycles. The molecule has 2 aromatic rings. The van der Waals surface area contributed by atoms with Crippen LogP contribution in [0.5, 0.6) is 0 Å². The fourth-order valence-electron chi connectivity index (χ4n) is 2.99. The molecule has 4 heteroatoms. The maximum absolute atomic E-state index is 4.40. The van der Waals surface area contributed by atoms with Crippen molar-refractivity contribution >= 4 is 5.65 Å². The van der Waals surface area contributed by atoms with Gasteiger partial charge < -0.3 is 4.90 Å². The molecule has 0 bridgehead atoms. The number of rotatable bonds is 3. The fraction of sp³-hybridized carbons (Fsp3) is 0.600. The van der Waals surface area contributed by atoms with E-state index >= 15 is 0 Å². The number of nitrogens with zero attached hydrogens (tertiary/aromatic N) is 4. The Morgan fingerprint density at radius 3 is 2.79 bits per heavy atom. The first-order valence-corrected chi connectivity index (χ1v) is 7.33. The lowest BCUT2D eigenvalue weighted by molar-refractivity contribution is 0.156. The number of piperidine rings is 1. The lowest BCUT2D eigenvalue weighted by Crippen LogP contribution is -2.39. The molecule has 1 atom stereocenters. The Kier molecular flexibility index (Phi) is 3.51. The molecule has 0 spiro atoms. The highest BCUT2D eigenvalue weighted by molar-refractivity contribution is 5.37. The summed E-state index contributed by atoms with van der Waals surface area (Å²) >= 11 is 0. The average molecular weight is 258 g/mol. The second-order valence-electron chi connectivity index (χ2n) is 5.55. The first-order chi connectivity index (χ1) is 9.29. The van der Waals surface area contributed by atoms with Gasteiger partial charge in [-0.1, -0.05) is 13.0 Å². The van der Waals surface area contributed by atoms with Crippen LogP contribution >= 0.6 is 0 Å². The largest absolute Gasteiger partial charge is 0.301 e. The van der Waals surface area contributed by atoms with E-state index in [-0.39, 0.29) is 0 Å².